The second-order valence-corrected chi connectivity index (χ2v) is 6.72. The largest absolute Gasteiger partial charge is 0.309 e. The molecule has 1 aromatic rings. The topological polar surface area (TPSA) is 12.0 Å². The van der Waals surface area contributed by atoms with Crippen LogP contribution in [-0.4, -0.2) is 6.54 Å². The molecule has 1 atom stereocenters. The second kappa shape index (κ2) is 6.93. The van der Waals surface area contributed by atoms with Crippen LogP contribution < -0.4 is 5.32 Å². The lowest BCUT2D eigenvalue weighted by atomic mass is 9.83. The zero-order chi connectivity index (χ0) is 13.0. The van der Waals surface area contributed by atoms with Gasteiger partial charge in [-0.15, -0.1) is 11.3 Å². The van der Waals surface area contributed by atoms with Crippen molar-refractivity contribution in [1.29, 1.82) is 0 Å². The maximum absolute atomic E-state index is 6.47. The van der Waals surface area contributed by atoms with Crippen molar-refractivity contribution in [3.05, 3.63) is 20.8 Å². The molecule has 102 valence electrons. The first-order valence-corrected chi connectivity index (χ1v) is 8.46. The smallest absolute Gasteiger partial charge is 0.0590 e. The van der Waals surface area contributed by atoms with Crippen LogP contribution in [0.15, 0.2) is 5.38 Å². The highest BCUT2D eigenvalue weighted by Crippen LogP contribution is 2.40. The molecule has 0 aliphatic heterocycles. The first kappa shape index (κ1) is 14.4. The van der Waals surface area contributed by atoms with Crippen LogP contribution in [0.2, 0.25) is 5.02 Å². The van der Waals surface area contributed by atoms with E-state index in [1.807, 2.05) is 11.3 Å². The monoisotopic (exact) mass is 285 g/mol. The number of hydrogen-bond acceptors (Lipinski definition) is 2. The molecule has 3 heteroatoms. The van der Waals surface area contributed by atoms with E-state index in [1.165, 1.54) is 49.0 Å². The zero-order valence-corrected chi connectivity index (χ0v) is 13.0. The molecule has 1 nitrogen and oxygen atoms in total. The average Bonchev–Trinajstić information content (AvgIpc) is 2.73. The summed E-state index contributed by atoms with van der Waals surface area (Å²) in [5.74, 6) is 0.779. The number of halogens is 1. The van der Waals surface area contributed by atoms with Gasteiger partial charge >= 0.3 is 0 Å². The molecule has 1 heterocycles. The Morgan fingerprint density at radius 1 is 1.39 bits per heavy atom. The Labute approximate surface area is 120 Å². The van der Waals surface area contributed by atoms with Crippen molar-refractivity contribution in [3.8, 4) is 0 Å². The fourth-order valence-corrected chi connectivity index (χ4v) is 4.38. The van der Waals surface area contributed by atoms with E-state index >= 15 is 0 Å². The summed E-state index contributed by atoms with van der Waals surface area (Å²) in [5.41, 5.74) is 1.23. The number of rotatable bonds is 5. The number of thiophene rings is 1. The lowest BCUT2D eigenvalue weighted by Gasteiger charge is -2.31. The van der Waals surface area contributed by atoms with Gasteiger partial charge in [-0.3, -0.25) is 0 Å². The first-order chi connectivity index (χ1) is 8.74. The summed E-state index contributed by atoms with van der Waals surface area (Å²) in [6.07, 6.45) is 8.08. The Morgan fingerprint density at radius 2 is 2.11 bits per heavy atom. The highest BCUT2D eigenvalue weighted by molar-refractivity contribution is 7.10. The maximum atomic E-state index is 6.47. The molecule has 1 saturated carbocycles. The molecule has 0 bridgehead atoms. The van der Waals surface area contributed by atoms with Gasteiger partial charge in [-0.05, 0) is 49.6 Å². The van der Waals surface area contributed by atoms with Gasteiger partial charge in [0, 0.05) is 10.9 Å². The average molecular weight is 286 g/mol. The predicted octanol–water partition coefficient (Wildman–Crippen LogP) is 5.33. The van der Waals surface area contributed by atoms with Gasteiger partial charge in [-0.2, -0.15) is 0 Å². The summed E-state index contributed by atoms with van der Waals surface area (Å²) in [4.78, 5) is 1.37. The van der Waals surface area contributed by atoms with Crippen LogP contribution in [0.4, 0.5) is 0 Å². The van der Waals surface area contributed by atoms with Crippen LogP contribution in [0.25, 0.3) is 0 Å². The van der Waals surface area contributed by atoms with Gasteiger partial charge in [-0.1, -0.05) is 37.8 Å². The Balaban J connectivity index is 2.15. The maximum Gasteiger partial charge on any atom is 0.0590 e. The highest BCUT2D eigenvalue weighted by atomic mass is 35.5. The van der Waals surface area contributed by atoms with Crippen LogP contribution >= 0.6 is 22.9 Å². The van der Waals surface area contributed by atoms with Gasteiger partial charge in [-0.25, -0.2) is 0 Å². The minimum Gasteiger partial charge on any atom is -0.309 e. The van der Waals surface area contributed by atoms with Crippen molar-refractivity contribution in [3.63, 3.8) is 0 Å². The number of aryl methyl sites for hydroxylation is 1. The van der Waals surface area contributed by atoms with Crippen molar-refractivity contribution in [2.45, 2.75) is 58.4 Å². The quantitative estimate of drug-likeness (QED) is 0.771. The fraction of sp³-hybridized carbons (Fsp3) is 0.733. The molecule has 1 aliphatic carbocycles. The summed E-state index contributed by atoms with van der Waals surface area (Å²) in [6.45, 7) is 5.43. The molecule has 1 N–H and O–H groups in total. The Morgan fingerprint density at radius 3 is 2.67 bits per heavy atom. The molecule has 1 fully saturated rings. The van der Waals surface area contributed by atoms with Gasteiger partial charge in [0.25, 0.3) is 0 Å². The number of nitrogens with one attached hydrogen (secondary N) is 1. The van der Waals surface area contributed by atoms with E-state index in [9.17, 15) is 0 Å². The SMILES string of the molecule is CCCNC(c1scc(C)c1Cl)C1CCCCC1. The Hall–Kier alpha value is -0.0500. The summed E-state index contributed by atoms with van der Waals surface area (Å²) in [5, 5.41) is 6.93. The minimum absolute atomic E-state index is 0.483. The van der Waals surface area contributed by atoms with Crippen LogP contribution in [0.3, 0.4) is 0 Å². The zero-order valence-electron chi connectivity index (χ0n) is 11.5. The van der Waals surface area contributed by atoms with E-state index in [2.05, 4.69) is 24.5 Å². The Kier molecular flexibility index (Phi) is 5.53. The molecule has 0 aromatic carbocycles. The van der Waals surface area contributed by atoms with E-state index in [0.29, 0.717) is 6.04 Å². The number of hydrogen-bond donors (Lipinski definition) is 1. The van der Waals surface area contributed by atoms with Crippen molar-refractivity contribution in [1.82, 2.24) is 5.32 Å². The van der Waals surface area contributed by atoms with Crippen LogP contribution in [0, 0.1) is 12.8 Å². The molecule has 18 heavy (non-hydrogen) atoms. The van der Waals surface area contributed by atoms with E-state index in [4.69, 9.17) is 11.6 Å². The summed E-state index contributed by atoms with van der Waals surface area (Å²) >= 11 is 8.31. The van der Waals surface area contributed by atoms with Crippen LogP contribution in [-0.2, 0) is 0 Å². The van der Waals surface area contributed by atoms with Crippen molar-refractivity contribution in [2.75, 3.05) is 6.54 Å². The standard InChI is InChI=1S/C15H24ClNS/c1-3-9-17-14(12-7-5-4-6-8-12)15-13(16)11(2)10-18-15/h10,12,14,17H,3-9H2,1-2H3. The van der Waals surface area contributed by atoms with Gasteiger partial charge < -0.3 is 5.32 Å². The molecular formula is C15H24ClNS. The van der Waals surface area contributed by atoms with Gasteiger partial charge in [0.05, 0.1) is 5.02 Å². The van der Waals surface area contributed by atoms with Crippen molar-refractivity contribution < 1.29 is 0 Å². The van der Waals surface area contributed by atoms with E-state index in [-0.39, 0.29) is 0 Å². The normalized spacial score (nSPS) is 19.1. The molecular weight excluding hydrogens is 262 g/mol. The van der Waals surface area contributed by atoms with Gasteiger partial charge in [0.1, 0.15) is 0 Å². The van der Waals surface area contributed by atoms with Gasteiger partial charge in [0.2, 0.25) is 0 Å². The lowest BCUT2D eigenvalue weighted by Crippen LogP contribution is -2.30. The molecule has 1 aromatic heterocycles. The van der Waals surface area contributed by atoms with Crippen LogP contribution in [0.5, 0.6) is 0 Å². The van der Waals surface area contributed by atoms with Crippen molar-refractivity contribution in [2.24, 2.45) is 5.92 Å². The molecule has 0 saturated heterocycles. The fourth-order valence-electron chi connectivity index (χ4n) is 2.90. The predicted molar refractivity (Wildman–Crippen MR) is 81.7 cm³/mol. The summed E-state index contributed by atoms with van der Waals surface area (Å²) < 4.78 is 0. The second-order valence-electron chi connectivity index (χ2n) is 5.43. The molecule has 0 amide bonds. The lowest BCUT2D eigenvalue weighted by molar-refractivity contribution is 0.275. The molecule has 2 rings (SSSR count). The molecule has 1 aliphatic rings. The third-order valence-electron chi connectivity index (χ3n) is 3.94. The molecule has 1 unspecified atom stereocenters. The molecule has 0 radical (unpaired) electrons. The third kappa shape index (κ3) is 3.28. The van der Waals surface area contributed by atoms with E-state index in [1.54, 1.807) is 0 Å². The third-order valence-corrected chi connectivity index (χ3v) is 5.74. The minimum atomic E-state index is 0.483. The highest BCUT2D eigenvalue weighted by Gasteiger charge is 2.27. The van der Waals surface area contributed by atoms with E-state index in [0.717, 1.165) is 17.5 Å². The van der Waals surface area contributed by atoms with Crippen LogP contribution in [0.1, 0.15) is 61.9 Å². The molecule has 0 spiro atoms. The Bertz CT molecular complexity index is 369. The first-order valence-electron chi connectivity index (χ1n) is 7.21. The van der Waals surface area contributed by atoms with E-state index < -0.39 is 0 Å². The van der Waals surface area contributed by atoms with Crippen molar-refractivity contribution >= 4 is 22.9 Å². The van der Waals surface area contributed by atoms with Gasteiger partial charge in [0.15, 0.2) is 0 Å². The summed E-state index contributed by atoms with van der Waals surface area (Å²) in [6, 6.07) is 0.483. The summed E-state index contributed by atoms with van der Waals surface area (Å²) in [7, 11) is 0.